The van der Waals surface area contributed by atoms with E-state index in [2.05, 4.69) is 5.32 Å². The SMILES string of the molecule is CCCCC(NC(=O)OC(C)(C)C)C(C(=O)OCc1ccccc1)C(=O)OCc1ccccc1. The van der Waals surface area contributed by atoms with Crippen LogP contribution in [0.1, 0.15) is 58.1 Å². The van der Waals surface area contributed by atoms with Gasteiger partial charge in [-0.25, -0.2) is 4.79 Å². The van der Waals surface area contributed by atoms with E-state index >= 15 is 0 Å². The molecule has 184 valence electrons. The minimum absolute atomic E-state index is 0.00900. The monoisotopic (exact) mass is 469 g/mol. The van der Waals surface area contributed by atoms with E-state index in [1.807, 2.05) is 67.6 Å². The lowest BCUT2D eigenvalue weighted by atomic mass is 9.95. The second-order valence-electron chi connectivity index (χ2n) is 9.06. The number of benzene rings is 2. The fraction of sp³-hybridized carbons (Fsp3) is 0.444. The minimum Gasteiger partial charge on any atom is -0.460 e. The van der Waals surface area contributed by atoms with Gasteiger partial charge in [-0.1, -0.05) is 80.4 Å². The van der Waals surface area contributed by atoms with Crippen molar-refractivity contribution in [3.63, 3.8) is 0 Å². The summed E-state index contributed by atoms with van der Waals surface area (Å²) < 4.78 is 16.3. The number of carbonyl (C=O) groups is 3. The highest BCUT2D eigenvalue weighted by Crippen LogP contribution is 2.19. The van der Waals surface area contributed by atoms with Crippen LogP contribution in [-0.2, 0) is 37.0 Å². The van der Waals surface area contributed by atoms with Gasteiger partial charge in [-0.15, -0.1) is 0 Å². The van der Waals surface area contributed by atoms with Gasteiger partial charge in [0.15, 0.2) is 5.92 Å². The lowest BCUT2D eigenvalue weighted by Gasteiger charge is -2.27. The van der Waals surface area contributed by atoms with Gasteiger partial charge in [-0.3, -0.25) is 9.59 Å². The van der Waals surface area contributed by atoms with E-state index < -0.39 is 35.6 Å². The van der Waals surface area contributed by atoms with Crippen LogP contribution in [0.25, 0.3) is 0 Å². The molecule has 0 spiro atoms. The molecule has 2 rings (SSSR count). The largest absolute Gasteiger partial charge is 0.460 e. The van der Waals surface area contributed by atoms with Gasteiger partial charge < -0.3 is 19.5 Å². The molecule has 1 amide bonds. The number of esters is 2. The van der Waals surface area contributed by atoms with Crippen molar-refractivity contribution in [1.29, 1.82) is 0 Å². The summed E-state index contributed by atoms with van der Waals surface area (Å²) in [5, 5.41) is 2.70. The molecule has 0 saturated carbocycles. The Kier molecular flexibility index (Phi) is 10.6. The Morgan fingerprint density at radius 1 is 0.824 bits per heavy atom. The van der Waals surface area contributed by atoms with Crippen LogP contribution in [0.3, 0.4) is 0 Å². The summed E-state index contributed by atoms with van der Waals surface area (Å²) in [6, 6.07) is 17.5. The first-order chi connectivity index (χ1) is 16.2. The van der Waals surface area contributed by atoms with Gasteiger partial charge in [-0.05, 0) is 38.3 Å². The third-order valence-electron chi connectivity index (χ3n) is 4.93. The number of nitrogens with one attached hydrogen (secondary N) is 1. The van der Waals surface area contributed by atoms with Crippen LogP contribution in [0.2, 0.25) is 0 Å². The van der Waals surface area contributed by atoms with Crippen LogP contribution in [0.5, 0.6) is 0 Å². The van der Waals surface area contributed by atoms with Crippen molar-refractivity contribution in [2.45, 2.75) is 71.8 Å². The number of hydrogen-bond donors (Lipinski definition) is 1. The molecule has 34 heavy (non-hydrogen) atoms. The average Bonchev–Trinajstić information content (AvgIpc) is 2.80. The summed E-state index contributed by atoms with van der Waals surface area (Å²) in [5.74, 6) is -2.83. The third kappa shape index (κ3) is 9.65. The van der Waals surface area contributed by atoms with Crippen molar-refractivity contribution in [3.05, 3.63) is 71.8 Å². The molecule has 1 unspecified atom stereocenters. The summed E-state index contributed by atoms with van der Waals surface area (Å²) in [6.07, 6.45) is 1.19. The molecule has 0 aliphatic carbocycles. The Labute approximate surface area is 201 Å². The Morgan fingerprint density at radius 2 is 1.29 bits per heavy atom. The number of unbranched alkanes of at least 4 members (excludes halogenated alkanes) is 1. The molecule has 7 heteroatoms. The molecule has 0 heterocycles. The molecule has 1 atom stereocenters. The second-order valence-corrected chi connectivity index (χ2v) is 9.06. The zero-order chi connectivity index (χ0) is 25.0. The van der Waals surface area contributed by atoms with Crippen molar-refractivity contribution < 1.29 is 28.6 Å². The normalized spacial score (nSPS) is 12.0. The van der Waals surface area contributed by atoms with E-state index in [1.54, 1.807) is 20.8 Å². The molecule has 0 bridgehead atoms. The maximum absolute atomic E-state index is 13.1. The Balaban J connectivity index is 2.21. The molecule has 0 fully saturated rings. The van der Waals surface area contributed by atoms with Crippen molar-refractivity contribution in [1.82, 2.24) is 5.32 Å². The highest BCUT2D eigenvalue weighted by molar-refractivity contribution is 5.96. The Hall–Kier alpha value is -3.35. The summed E-state index contributed by atoms with van der Waals surface area (Å²) >= 11 is 0. The van der Waals surface area contributed by atoms with E-state index in [1.165, 1.54) is 0 Å². The van der Waals surface area contributed by atoms with Crippen LogP contribution < -0.4 is 5.32 Å². The number of hydrogen-bond acceptors (Lipinski definition) is 6. The lowest BCUT2D eigenvalue weighted by Crippen LogP contribution is -2.49. The fourth-order valence-corrected chi connectivity index (χ4v) is 3.27. The van der Waals surface area contributed by atoms with E-state index in [0.29, 0.717) is 12.8 Å². The quantitative estimate of drug-likeness (QED) is 0.277. The van der Waals surface area contributed by atoms with Crippen LogP contribution in [-0.4, -0.2) is 29.7 Å². The summed E-state index contributed by atoms with van der Waals surface area (Å²) in [7, 11) is 0. The van der Waals surface area contributed by atoms with Gasteiger partial charge in [-0.2, -0.15) is 0 Å². The van der Waals surface area contributed by atoms with Crippen molar-refractivity contribution >= 4 is 18.0 Å². The predicted molar refractivity (Wildman–Crippen MR) is 129 cm³/mol. The molecule has 0 radical (unpaired) electrons. The number of alkyl carbamates (subject to hydrolysis) is 1. The van der Waals surface area contributed by atoms with Crippen molar-refractivity contribution in [2.24, 2.45) is 5.92 Å². The maximum Gasteiger partial charge on any atom is 0.407 e. The third-order valence-corrected chi connectivity index (χ3v) is 4.93. The molecule has 7 nitrogen and oxygen atoms in total. The standard InChI is InChI=1S/C27H35NO6/c1-5-6-17-22(28-26(31)34-27(2,3)4)23(24(29)32-18-20-13-9-7-10-14-20)25(30)33-19-21-15-11-8-12-16-21/h7-16,22-23H,5-6,17-19H2,1-4H3,(H,28,31). The van der Waals surface area contributed by atoms with Crippen LogP contribution >= 0.6 is 0 Å². The Morgan fingerprint density at radius 3 is 1.71 bits per heavy atom. The summed E-state index contributed by atoms with van der Waals surface area (Å²) in [5.41, 5.74) is 0.853. The number of rotatable bonds is 11. The first-order valence-corrected chi connectivity index (χ1v) is 11.6. The molecule has 2 aromatic carbocycles. The summed E-state index contributed by atoms with van der Waals surface area (Å²) in [6.45, 7) is 7.24. The minimum atomic E-state index is -1.33. The number of amides is 1. The van der Waals surface area contributed by atoms with Crippen LogP contribution in [0.4, 0.5) is 4.79 Å². The first-order valence-electron chi connectivity index (χ1n) is 11.6. The van der Waals surface area contributed by atoms with Crippen molar-refractivity contribution in [3.8, 4) is 0 Å². The van der Waals surface area contributed by atoms with Gasteiger partial charge in [0.25, 0.3) is 0 Å². The van der Waals surface area contributed by atoms with Gasteiger partial charge >= 0.3 is 18.0 Å². The first kappa shape index (κ1) is 26.9. The van der Waals surface area contributed by atoms with E-state index in [9.17, 15) is 14.4 Å². The van der Waals surface area contributed by atoms with Crippen LogP contribution in [0, 0.1) is 5.92 Å². The smallest absolute Gasteiger partial charge is 0.407 e. The highest BCUT2D eigenvalue weighted by Gasteiger charge is 2.39. The predicted octanol–water partition coefficient (Wildman–Crippen LogP) is 5.17. The lowest BCUT2D eigenvalue weighted by molar-refractivity contribution is -0.165. The van der Waals surface area contributed by atoms with Gasteiger partial charge in [0.05, 0.1) is 6.04 Å². The van der Waals surface area contributed by atoms with Gasteiger partial charge in [0.1, 0.15) is 18.8 Å². The molecule has 1 N–H and O–H groups in total. The van der Waals surface area contributed by atoms with Crippen molar-refractivity contribution in [2.75, 3.05) is 0 Å². The second kappa shape index (κ2) is 13.4. The highest BCUT2D eigenvalue weighted by atomic mass is 16.6. The van der Waals surface area contributed by atoms with E-state index in [0.717, 1.165) is 17.5 Å². The van der Waals surface area contributed by atoms with E-state index in [-0.39, 0.29) is 13.2 Å². The molecular formula is C27H35NO6. The summed E-state index contributed by atoms with van der Waals surface area (Å²) in [4.78, 5) is 38.8. The van der Waals surface area contributed by atoms with E-state index in [4.69, 9.17) is 14.2 Å². The maximum atomic E-state index is 13.1. The molecule has 0 aromatic heterocycles. The molecule has 2 aromatic rings. The number of ether oxygens (including phenoxy) is 3. The fourth-order valence-electron chi connectivity index (χ4n) is 3.27. The zero-order valence-corrected chi connectivity index (χ0v) is 20.4. The molecular weight excluding hydrogens is 434 g/mol. The average molecular weight is 470 g/mol. The molecule has 0 aliphatic heterocycles. The Bertz CT molecular complexity index is 852. The topological polar surface area (TPSA) is 90.9 Å². The molecule has 0 aliphatic rings. The zero-order valence-electron chi connectivity index (χ0n) is 20.4. The molecule has 0 saturated heterocycles. The van der Waals surface area contributed by atoms with Gasteiger partial charge in [0, 0.05) is 0 Å². The van der Waals surface area contributed by atoms with Crippen LogP contribution in [0.15, 0.2) is 60.7 Å². The number of carbonyl (C=O) groups excluding carboxylic acids is 3. The van der Waals surface area contributed by atoms with Gasteiger partial charge in [0.2, 0.25) is 0 Å².